The van der Waals surface area contributed by atoms with Crippen molar-refractivity contribution in [1.82, 2.24) is 40.1 Å². The fourth-order valence-corrected chi connectivity index (χ4v) is 13.1. The Kier molecular flexibility index (Phi) is 33.9. The second kappa shape index (κ2) is 44.5. The lowest BCUT2D eigenvalue weighted by Crippen LogP contribution is -2.08. The molecule has 0 saturated heterocycles. The van der Waals surface area contributed by atoms with Crippen molar-refractivity contribution < 1.29 is 123 Å². The Morgan fingerprint density at radius 1 is 0.359 bits per heavy atom. The first-order valence-corrected chi connectivity index (χ1v) is 39.0. The highest BCUT2D eigenvalue weighted by molar-refractivity contribution is 7.84. The van der Waals surface area contributed by atoms with Crippen LogP contribution in [0.4, 0.5) is 35.1 Å². The number of aliphatic imine (C=N–C) groups is 1. The van der Waals surface area contributed by atoms with Gasteiger partial charge in [-0.25, -0.2) is 78.5 Å². The van der Waals surface area contributed by atoms with Crippen LogP contribution in [-0.4, -0.2) is 134 Å². The van der Waals surface area contributed by atoms with E-state index in [2.05, 4.69) is 108 Å². The first-order chi connectivity index (χ1) is 60.6. The van der Waals surface area contributed by atoms with Crippen LogP contribution in [0.25, 0.3) is 73.2 Å². The van der Waals surface area contributed by atoms with Gasteiger partial charge in [0.25, 0.3) is 4.84 Å². The first-order valence-electron chi connectivity index (χ1n) is 35.5. The highest BCUT2D eigenvalue weighted by Crippen LogP contribution is 2.35. The van der Waals surface area contributed by atoms with E-state index >= 15 is 0 Å². The zero-order valence-corrected chi connectivity index (χ0v) is 71.1. The zero-order chi connectivity index (χ0) is 93.7. The molecule has 0 radical (unpaired) electrons. The number of benzene rings is 8. The number of hydrogen-bond donors (Lipinski definition) is 20. The van der Waals surface area contributed by atoms with Gasteiger partial charge in [-0.1, -0.05) is 36.5 Å². The number of carboxylic acid groups (broad SMARTS) is 8. The number of aromatic carboxylic acids is 8. The molecule has 0 atom stereocenters. The first kappa shape index (κ1) is 97.5. The molecule has 43 heteroatoms. The van der Waals surface area contributed by atoms with Crippen LogP contribution in [0, 0.1) is 60.8 Å². The van der Waals surface area contributed by atoms with Crippen molar-refractivity contribution in [2.24, 2.45) is 4.99 Å². The maximum atomic E-state index is 13.0. The van der Waals surface area contributed by atoms with Crippen LogP contribution >= 0.6 is 99.8 Å². The minimum Gasteiger partial charge on any atom is -0.478 e. The van der Waals surface area contributed by atoms with Gasteiger partial charge in [0.15, 0.2) is 4.77 Å². The van der Waals surface area contributed by atoms with E-state index in [0.29, 0.717) is 110 Å². The quantitative estimate of drug-likeness (QED) is 0.0243. The Balaban J connectivity index is 0.000000165. The van der Waals surface area contributed by atoms with Gasteiger partial charge in [-0.3, -0.25) is 15.2 Å². The van der Waals surface area contributed by atoms with Crippen LogP contribution in [0.3, 0.4) is 0 Å². The molecular formula is C85H59F8N9O18S8. The van der Waals surface area contributed by atoms with Gasteiger partial charge >= 0.3 is 47.8 Å². The van der Waals surface area contributed by atoms with Crippen molar-refractivity contribution in [3.05, 3.63) is 339 Å². The molecule has 0 bridgehead atoms. The van der Waals surface area contributed by atoms with E-state index in [4.69, 9.17) is 86.3 Å². The van der Waals surface area contributed by atoms with Crippen LogP contribution in [0.15, 0.2) is 252 Å². The molecule has 8 aromatic carbocycles. The largest absolute Gasteiger partial charge is 0.478 e. The third-order valence-corrected chi connectivity index (χ3v) is 19.1. The summed E-state index contributed by atoms with van der Waals surface area (Å²) in [6.07, 6.45) is 13.6. The highest BCUT2D eigenvalue weighted by Gasteiger charge is 2.24. The molecule has 0 unspecified atom stereocenters. The van der Waals surface area contributed by atoms with Crippen molar-refractivity contribution >= 4 is 159 Å². The van der Waals surface area contributed by atoms with Gasteiger partial charge in [0.2, 0.25) is 5.89 Å². The SMILES string of the molecule is O=C(O)c1cc(F)ccc1-c1c[nH]c(=S)[nH]1.O=C(O)c1cc(F)ccc1-c1c[nH]c(S)c1.O=C(O)c1cc(F)ccc1-c1cc(=S)[nH][nH]1.O=C(O)c1cc(F)ccc1-c1cc(S)c[nH]1.O=C(O)c1cc(F)ccc1-c1coc(=S)[nH]1.O=C(O)c1cc(F)ccc1-c1nc(S)co1.O=C(O)c1cc(F)ccc1C1=CC=C(S)C1.O=C(O)c1cc(F)ccc1C1=NC=C(S)C1. The minimum atomic E-state index is -1.24. The molecule has 7 heterocycles. The Morgan fingerprint density at radius 2 is 0.758 bits per heavy atom. The fraction of sp³-hybridized carbons (Fsp3) is 0.0235. The molecule has 27 nitrogen and oxygen atoms in total. The molecule has 0 amide bonds. The Morgan fingerprint density at radius 3 is 1.11 bits per heavy atom. The Labute approximate surface area is 756 Å². The van der Waals surface area contributed by atoms with Crippen molar-refractivity contribution in [2.75, 3.05) is 0 Å². The lowest BCUT2D eigenvalue weighted by molar-refractivity contribution is 0.0685. The summed E-state index contributed by atoms with van der Waals surface area (Å²) >= 11 is 34.9. The lowest BCUT2D eigenvalue weighted by atomic mass is 9.99. The molecule has 6 aromatic heterocycles. The number of H-pyrrole nitrogens is 7. The molecular weight excluding hydrogens is 1840 g/mol. The number of carboxylic acids is 8. The third kappa shape index (κ3) is 26.9. The molecule has 128 heavy (non-hydrogen) atoms. The van der Waals surface area contributed by atoms with Gasteiger partial charge in [0.05, 0.1) is 77.9 Å². The molecule has 1 aliphatic carbocycles. The van der Waals surface area contributed by atoms with Gasteiger partial charge in [-0.2, -0.15) is 0 Å². The second-order valence-electron chi connectivity index (χ2n) is 25.8. The summed E-state index contributed by atoms with van der Waals surface area (Å²) < 4.78 is 114. The maximum absolute atomic E-state index is 13.0. The number of nitrogens with one attached hydrogen (secondary N) is 7. The number of oxazole rings is 2. The molecule has 15 N–H and O–H groups in total. The van der Waals surface area contributed by atoms with Crippen LogP contribution in [-0.2, 0) is 0 Å². The standard InChI is InChI=1S/C12H9FO2S.3C11H8FNO2S.2C10H7FN2O2S.2C10H6FNO3S/c13-8-2-4-10(11(6-8)12(14)15)7-1-3-9(16)5-7;12-7-1-2-8(9(4-7)11(14)15)6-3-10(16)13-5-6;2*12-6-1-2-8(9(3-6)11(14)15)10-4-7(16)5-13-10;11-5-1-2-6(7(3-5)9(14)15)8-4-12-10(16)13-8;11-5-1-2-6(7(3-5)10(14)15)8-4-9(16)13-12-8;11-5-1-2-6(7(3-5)10(13)14)9-12-8(16)4-15-9;11-5-1-2-6(7(3-5)9(13)14)8-4-15-10(16)12-8/h1-4,6,16H,5H2,(H,14,15);1-5,13,16H,(H,14,15);1-3,5,16H,4H2,(H,14,15);1-5,13,16H,(H,14,15);2*1-4H,(H,14,15)(H2,12,13,16);1-4,16H,(H,13,14);1-4H,(H,12,16)(H,13,14). The molecule has 14 aromatic rings. The number of imidazole rings is 1. The van der Waals surface area contributed by atoms with Crippen LogP contribution < -0.4 is 0 Å². The summed E-state index contributed by atoms with van der Waals surface area (Å²) in [5, 5.41) is 77.9. The average Bonchev–Trinajstić information content (AvgIpc) is 1.79. The van der Waals surface area contributed by atoms with Crippen molar-refractivity contribution in [1.29, 1.82) is 0 Å². The zero-order valence-electron chi connectivity index (χ0n) is 64.2. The van der Waals surface area contributed by atoms with E-state index in [0.717, 1.165) is 70.0 Å². The van der Waals surface area contributed by atoms with Gasteiger partial charge in [-0.15, -0.1) is 63.1 Å². The number of rotatable bonds is 16. The number of aromatic amines is 7. The number of aromatic nitrogens is 8. The van der Waals surface area contributed by atoms with E-state index in [1.165, 1.54) is 104 Å². The number of carbonyl (C=O) groups is 8. The van der Waals surface area contributed by atoms with E-state index < -0.39 is 94.3 Å². The van der Waals surface area contributed by atoms with Gasteiger partial charge in [0.1, 0.15) is 68.7 Å². The molecule has 2 aliphatic rings. The van der Waals surface area contributed by atoms with Crippen LogP contribution in [0.2, 0.25) is 0 Å². The maximum Gasteiger partial charge on any atom is 0.336 e. The monoisotopic (exact) mass is 1900 g/mol. The predicted molar refractivity (Wildman–Crippen MR) is 474 cm³/mol. The van der Waals surface area contributed by atoms with Gasteiger partial charge in [-0.05, 0) is 198 Å². The molecule has 0 spiro atoms. The minimum absolute atomic E-state index is 0.0114. The predicted octanol–water partition coefficient (Wildman–Crippen LogP) is 21.7. The van der Waals surface area contributed by atoms with Crippen LogP contribution in [0.1, 0.15) is 107 Å². The highest BCUT2D eigenvalue weighted by atomic mass is 32.1. The smallest absolute Gasteiger partial charge is 0.336 e. The van der Waals surface area contributed by atoms with Crippen molar-refractivity contribution in [3.8, 4) is 67.6 Å². The third-order valence-electron chi connectivity index (χ3n) is 17.2. The van der Waals surface area contributed by atoms with Gasteiger partial charge < -0.3 is 74.6 Å². The average molecular weight is 1900 g/mol. The lowest BCUT2D eigenvalue weighted by Gasteiger charge is -2.07. The van der Waals surface area contributed by atoms with Gasteiger partial charge in [0, 0.05) is 86.5 Å². The van der Waals surface area contributed by atoms with E-state index in [1.54, 1.807) is 43.0 Å². The summed E-state index contributed by atoms with van der Waals surface area (Å²) in [6, 6.07) is 33.7. The summed E-state index contributed by atoms with van der Waals surface area (Å²) in [5.74, 6) is -14.0. The summed E-state index contributed by atoms with van der Waals surface area (Å²) in [4.78, 5) is 112. The summed E-state index contributed by atoms with van der Waals surface area (Å²) in [5.41, 5.74) is 6.59. The topological polar surface area (TPSA) is 460 Å². The number of halogens is 8. The Hall–Kier alpha value is -14.3. The molecule has 0 saturated carbocycles. The molecule has 0 fully saturated rings. The second-order valence-corrected chi connectivity index (χ2v) is 29.6. The summed E-state index contributed by atoms with van der Waals surface area (Å²) in [6.45, 7) is 0. The van der Waals surface area contributed by atoms with Crippen LogP contribution in [0.5, 0.6) is 0 Å². The number of allylic oxidation sites excluding steroid dienone is 5. The number of hydrogen-bond acceptors (Lipinski definition) is 20. The van der Waals surface area contributed by atoms with E-state index in [-0.39, 0.29) is 60.8 Å². The fourth-order valence-electron chi connectivity index (χ4n) is 11.6. The molecule has 1 aliphatic heterocycles. The summed E-state index contributed by atoms with van der Waals surface area (Å²) in [7, 11) is 0. The number of thiol groups is 5. The van der Waals surface area contributed by atoms with E-state index in [9.17, 15) is 73.5 Å². The molecule has 16 rings (SSSR count). The number of nitrogens with zero attached hydrogens (tertiary/aromatic N) is 2. The van der Waals surface area contributed by atoms with Crippen molar-refractivity contribution in [3.63, 3.8) is 0 Å². The molecule has 656 valence electrons. The Bertz CT molecular complexity index is 6360. The van der Waals surface area contributed by atoms with Crippen molar-refractivity contribution in [2.45, 2.75) is 27.8 Å². The normalized spacial score (nSPS) is 11.4. The van der Waals surface area contributed by atoms with E-state index in [1.807, 2.05) is 12.2 Å².